The maximum absolute atomic E-state index is 13.3. The van der Waals surface area contributed by atoms with Crippen molar-refractivity contribution in [1.82, 2.24) is 0 Å². The van der Waals surface area contributed by atoms with Gasteiger partial charge in [-0.25, -0.2) is 0 Å². The highest BCUT2D eigenvalue weighted by molar-refractivity contribution is 6.36. The van der Waals surface area contributed by atoms with Crippen LogP contribution in [0.2, 0.25) is 15.1 Å². The van der Waals surface area contributed by atoms with Gasteiger partial charge in [-0.15, -0.1) is 0 Å². The van der Waals surface area contributed by atoms with Gasteiger partial charge >= 0.3 is 0 Å². The second-order valence-electron chi connectivity index (χ2n) is 25.8. The second kappa shape index (κ2) is 27.5. The summed E-state index contributed by atoms with van der Waals surface area (Å²) < 4.78 is 0. The molecule has 9 nitrogen and oxygen atoms in total. The number of Topliss-reactive ketones (excluding diaryl/α,β-unsaturated/α-hetero) is 6. The van der Waals surface area contributed by atoms with Crippen LogP contribution < -0.4 is 0 Å². The fraction of sp³-hybridized carbons (Fsp3) is 0.377. The van der Waals surface area contributed by atoms with Crippen molar-refractivity contribution in [2.24, 2.45) is 32.5 Å². The van der Waals surface area contributed by atoms with Crippen molar-refractivity contribution >= 4 is 86.2 Å². The summed E-state index contributed by atoms with van der Waals surface area (Å²) in [7, 11) is 0. The molecule has 0 atom stereocenters. The van der Waals surface area contributed by atoms with Crippen LogP contribution >= 0.6 is 34.8 Å². The molecule has 3 aliphatic rings. The Labute approximate surface area is 543 Å². The van der Waals surface area contributed by atoms with Crippen LogP contribution in [0.3, 0.4) is 0 Å². The number of aliphatic hydroxyl groups excluding tert-OH is 3. The van der Waals surface area contributed by atoms with Gasteiger partial charge in [0.1, 0.15) is 17.3 Å². The molecule has 3 aliphatic carbocycles. The van der Waals surface area contributed by atoms with E-state index in [9.17, 15) is 44.1 Å². The molecule has 6 aromatic carbocycles. The van der Waals surface area contributed by atoms with Crippen molar-refractivity contribution in [3.05, 3.63) is 192 Å². The minimum atomic E-state index is -1.19. The molecule has 3 N–H and O–H groups in total. The Bertz CT molecular complexity index is 3900. The Hall–Kier alpha value is -7.17. The largest absolute Gasteiger partial charge is 0.510 e. The third-order valence-corrected chi connectivity index (χ3v) is 18.4. The van der Waals surface area contributed by atoms with Crippen LogP contribution in [0, 0.1) is 53.3 Å². The van der Waals surface area contributed by atoms with Crippen molar-refractivity contribution in [1.29, 1.82) is 0 Å². The van der Waals surface area contributed by atoms with E-state index in [-0.39, 0.29) is 68.7 Å². The van der Waals surface area contributed by atoms with Gasteiger partial charge in [0.05, 0.1) is 49.2 Å². The molecule has 0 bridgehead atoms. The lowest BCUT2D eigenvalue weighted by Crippen LogP contribution is -2.48. The lowest BCUT2D eigenvalue weighted by Gasteiger charge is -2.38. The number of rotatable bonds is 8. The molecule has 12 heteroatoms. The summed E-state index contributed by atoms with van der Waals surface area (Å²) in [6.07, 6.45) is 1.41. The average molecular weight is 1260 g/mol. The van der Waals surface area contributed by atoms with E-state index in [1.54, 1.807) is 83.1 Å². The molecule has 0 radical (unpaired) electrons. The van der Waals surface area contributed by atoms with Crippen molar-refractivity contribution in [2.45, 2.75) is 158 Å². The van der Waals surface area contributed by atoms with Crippen molar-refractivity contribution < 1.29 is 44.1 Å². The van der Waals surface area contributed by atoms with Gasteiger partial charge in [0, 0.05) is 15.1 Å². The molecule has 0 saturated heterocycles. The number of hydrogen-bond acceptors (Lipinski definition) is 9. The third kappa shape index (κ3) is 13.6. The lowest BCUT2D eigenvalue weighted by atomic mass is 9.62. The predicted octanol–water partition coefficient (Wildman–Crippen LogP) is 20.5. The number of hydrogen-bond donors (Lipinski definition) is 3. The first-order valence-electron chi connectivity index (χ1n) is 30.6. The summed E-state index contributed by atoms with van der Waals surface area (Å²) in [4.78, 5) is 78.2. The van der Waals surface area contributed by atoms with Crippen LogP contribution in [-0.4, -0.2) is 50.0 Å². The fourth-order valence-electron chi connectivity index (χ4n) is 12.0. The first-order valence-corrected chi connectivity index (χ1v) is 31.7. The Morgan fingerprint density at radius 1 is 0.326 bits per heavy atom. The molecule has 472 valence electrons. The van der Waals surface area contributed by atoms with Gasteiger partial charge in [0.15, 0.2) is 34.7 Å². The molecule has 0 fully saturated rings. The predicted molar refractivity (Wildman–Crippen MR) is 368 cm³/mol. The van der Waals surface area contributed by atoms with E-state index in [4.69, 9.17) is 34.8 Å². The molecule has 9 rings (SSSR count). The van der Waals surface area contributed by atoms with Gasteiger partial charge in [0.2, 0.25) is 0 Å². The summed E-state index contributed by atoms with van der Waals surface area (Å²) in [5, 5.41) is 34.9. The quantitative estimate of drug-likeness (QED) is 0.126. The van der Waals surface area contributed by atoms with E-state index in [1.165, 1.54) is 0 Å². The summed E-state index contributed by atoms with van der Waals surface area (Å²) in [5.41, 5.74) is 6.33. The topological polar surface area (TPSA) is 163 Å². The van der Waals surface area contributed by atoms with Gasteiger partial charge in [-0.05, 0) is 249 Å². The number of carbonyl (C=O) groups excluding carboxylic acids is 6. The Balaban J connectivity index is 0.000000236. The normalized spacial score (nSPS) is 17.8. The molecule has 6 aromatic rings. The summed E-state index contributed by atoms with van der Waals surface area (Å²) in [6.45, 7) is 37.7. The van der Waals surface area contributed by atoms with E-state index in [0.29, 0.717) is 44.6 Å². The Kier molecular flexibility index (Phi) is 22.4. The van der Waals surface area contributed by atoms with Crippen LogP contribution in [0.25, 0.3) is 50.1 Å². The zero-order valence-electron chi connectivity index (χ0n) is 55.8. The first kappa shape index (κ1) is 72.6. The highest BCUT2D eigenvalue weighted by atomic mass is 35.5. The Morgan fingerprint density at radius 3 is 1.03 bits per heavy atom. The summed E-state index contributed by atoms with van der Waals surface area (Å²) in [6, 6.07) is 36.6. The number of carbonyl (C=O) groups is 6. The molecule has 0 saturated carbocycles. The van der Waals surface area contributed by atoms with Gasteiger partial charge in [-0.3, -0.25) is 28.8 Å². The molecule has 0 aromatic heterocycles. The second-order valence-corrected chi connectivity index (χ2v) is 27.1. The monoisotopic (exact) mass is 1260 g/mol. The number of aryl methyl sites for hydroxylation is 5. The van der Waals surface area contributed by atoms with Gasteiger partial charge in [-0.1, -0.05) is 137 Å². The standard InChI is InChI=1S/C25H27ClO3.2C24H25ClO3.2C2H6/c1-7-15-8-9-17(16-10-11-19(26)14(2)12-16)13-18(15)20-21(27)24(3,4)23(29)25(5,6)22(20)28;1-13-7-8-15(17-10-9-16(25)11-14(17)2)12-18(13)19-20(26)23(3,4)22(28)24(5,6)21(19)27;1-6-14-7-8-16(15-9-11-17(25)12-10-15)13-18(14)19-20(26)23(2,3)22(28)24(4,5)21(19)27;2*1-2/h8-13,27H,7H2,1-6H3;7-12,26H,1-6H3;7-13,26H,6H2,1-5H3;2*1-2H3. The van der Waals surface area contributed by atoms with Crippen LogP contribution in [0.5, 0.6) is 0 Å². The van der Waals surface area contributed by atoms with E-state index >= 15 is 0 Å². The van der Waals surface area contributed by atoms with Crippen molar-refractivity contribution in [3.8, 4) is 33.4 Å². The van der Waals surface area contributed by atoms with Crippen LogP contribution in [0.15, 0.2) is 133 Å². The molecular formula is C77H89Cl3O9. The number of halogens is 3. The van der Waals surface area contributed by atoms with Gasteiger partial charge < -0.3 is 15.3 Å². The van der Waals surface area contributed by atoms with Gasteiger partial charge in [-0.2, -0.15) is 0 Å². The van der Waals surface area contributed by atoms with Crippen LogP contribution in [-0.2, 0) is 41.6 Å². The minimum absolute atomic E-state index is 0.147. The number of aliphatic hydroxyl groups is 3. The molecule has 0 heterocycles. The average Bonchev–Trinajstić information content (AvgIpc) is 0.759. The van der Waals surface area contributed by atoms with Gasteiger partial charge in [0.25, 0.3) is 0 Å². The molecular weight excluding hydrogens is 1180 g/mol. The minimum Gasteiger partial charge on any atom is -0.510 e. The molecule has 0 unspecified atom stereocenters. The van der Waals surface area contributed by atoms with Crippen LogP contribution in [0.1, 0.15) is 169 Å². The number of ketones is 6. The highest BCUT2D eigenvalue weighted by Crippen LogP contribution is 2.50. The zero-order chi connectivity index (χ0) is 67.6. The summed E-state index contributed by atoms with van der Waals surface area (Å²) >= 11 is 18.2. The molecule has 0 amide bonds. The molecule has 0 aliphatic heterocycles. The first-order chi connectivity index (χ1) is 41.3. The maximum Gasteiger partial charge on any atom is 0.179 e. The third-order valence-electron chi connectivity index (χ3n) is 17.5. The highest BCUT2D eigenvalue weighted by Gasteiger charge is 2.56. The lowest BCUT2D eigenvalue weighted by molar-refractivity contribution is -0.144. The fourth-order valence-corrected chi connectivity index (χ4v) is 12.5. The molecule has 89 heavy (non-hydrogen) atoms. The smallest absolute Gasteiger partial charge is 0.179 e. The number of benzene rings is 6. The number of allylic oxidation sites excluding steroid dienone is 6. The van der Waals surface area contributed by atoms with Crippen molar-refractivity contribution in [3.63, 3.8) is 0 Å². The van der Waals surface area contributed by atoms with E-state index in [2.05, 4.69) is 0 Å². The van der Waals surface area contributed by atoms with Crippen molar-refractivity contribution in [2.75, 3.05) is 0 Å². The molecule has 0 spiro atoms. The van der Waals surface area contributed by atoms with E-state index in [1.807, 2.05) is 178 Å². The van der Waals surface area contributed by atoms with E-state index in [0.717, 1.165) is 61.2 Å². The summed E-state index contributed by atoms with van der Waals surface area (Å²) in [5.74, 6) is -2.27. The zero-order valence-corrected chi connectivity index (χ0v) is 58.1. The Morgan fingerprint density at radius 2 is 0.652 bits per heavy atom. The SMILES string of the molecule is CC.CC.CCc1ccc(-c2ccc(Cl)c(C)c2)cc1C1=C(O)C(C)(C)C(=O)C(C)(C)C1=O.CCc1ccc(-c2ccc(Cl)cc2)cc1C1=C(O)C(C)(C)C(=O)C(C)(C)C1=O.Cc1ccc(-c2ccc(Cl)cc2C)cc1C1=C(O)C(C)(C)C(=O)C(C)(C)C1=O. The van der Waals surface area contributed by atoms with Crippen LogP contribution in [0.4, 0.5) is 0 Å². The van der Waals surface area contributed by atoms with E-state index < -0.39 is 32.5 Å². The maximum atomic E-state index is 13.3.